The van der Waals surface area contributed by atoms with E-state index in [1.54, 1.807) is 12.8 Å². The van der Waals surface area contributed by atoms with Gasteiger partial charge in [0.15, 0.2) is 0 Å². The molecule has 2 aliphatic carbocycles. The Morgan fingerprint density at radius 1 is 1.31 bits per heavy atom. The van der Waals surface area contributed by atoms with Gasteiger partial charge < -0.3 is 5.73 Å². The summed E-state index contributed by atoms with van der Waals surface area (Å²) >= 11 is 0. The van der Waals surface area contributed by atoms with Crippen molar-refractivity contribution in [3.05, 3.63) is 0 Å². The van der Waals surface area contributed by atoms with Crippen molar-refractivity contribution < 1.29 is 0 Å². The maximum Gasteiger partial charge on any atom is -0.00747 e. The summed E-state index contributed by atoms with van der Waals surface area (Å²) in [7, 11) is 0. The summed E-state index contributed by atoms with van der Waals surface area (Å²) in [6, 6.07) is 0. The van der Waals surface area contributed by atoms with Gasteiger partial charge in [-0.3, -0.25) is 0 Å². The predicted octanol–water partition coefficient (Wildman–Crippen LogP) is 2.80. The van der Waals surface area contributed by atoms with Crippen molar-refractivity contribution in [1.29, 1.82) is 0 Å². The first-order chi connectivity index (χ1) is 6.29. The van der Waals surface area contributed by atoms with Crippen LogP contribution in [-0.4, -0.2) is 6.54 Å². The van der Waals surface area contributed by atoms with Crippen LogP contribution >= 0.6 is 0 Å². The first-order valence-corrected chi connectivity index (χ1v) is 5.99. The van der Waals surface area contributed by atoms with Crippen molar-refractivity contribution in [2.24, 2.45) is 29.4 Å². The van der Waals surface area contributed by atoms with Gasteiger partial charge in [0.25, 0.3) is 0 Å². The SMILES string of the molecule is CC(CCN)CC1CC2CCC1C2. The molecule has 0 heterocycles. The highest BCUT2D eigenvalue weighted by Gasteiger charge is 2.39. The van der Waals surface area contributed by atoms with E-state index in [-0.39, 0.29) is 0 Å². The number of rotatable bonds is 4. The number of hydrogen-bond donors (Lipinski definition) is 1. The molecule has 4 atom stereocenters. The van der Waals surface area contributed by atoms with Crippen LogP contribution in [-0.2, 0) is 0 Å². The minimum Gasteiger partial charge on any atom is -0.330 e. The molecular weight excluding hydrogens is 158 g/mol. The molecule has 2 N–H and O–H groups in total. The minimum absolute atomic E-state index is 0.870. The molecule has 0 radical (unpaired) electrons. The van der Waals surface area contributed by atoms with Crippen molar-refractivity contribution >= 4 is 0 Å². The monoisotopic (exact) mass is 181 g/mol. The van der Waals surface area contributed by atoms with Crippen LogP contribution in [0.15, 0.2) is 0 Å². The molecule has 13 heavy (non-hydrogen) atoms. The lowest BCUT2D eigenvalue weighted by molar-refractivity contribution is 0.270. The lowest BCUT2D eigenvalue weighted by Crippen LogP contribution is -2.15. The minimum atomic E-state index is 0.870. The van der Waals surface area contributed by atoms with Gasteiger partial charge in [0, 0.05) is 0 Å². The first kappa shape index (κ1) is 9.51. The van der Waals surface area contributed by atoms with Crippen LogP contribution < -0.4 is 5.73 Å². The Morgan fingerprint density at radius 2 is 2.15 bits per heavy atom. The van der Waals surface area contributed by atoms with Gasteiger partial charge in [0.05, 0.1) is 0 Å². The highest BCUT2D eigenvalue weighted by molar-refractivity contribution is 4.90. The third-order valence-electron chi connectivity index (χ3n) is 4.25. The van der Waals surface area contributed by atoms with Gasteiger partial charge in [-0.1, -0.05) is 13.3 Å². The summed E-state index contributed by atoms with van der Waals surface area (Å²) in [5.74, 6) is 4.15. The van der Waals surface area contributed by atoms with Crippen LogP contribution in [0.2, 0.25) is 0 Å². The zero-order valence-corrected chi connectivity index (χ0v) is 8.84. The highest BCUT2D eigenvalue weighted by atomic mass is 14.5. The van der Waals surface area contributed by atoms with Gasteiger partial charge in [0.2, 0.25) is 0 Å². The topological polar surface area (TPSA) is 26.0 Å². The molecule has 2 rings (SSSR count). The van der Waals surface area contributed by atoms with Crippen LogP contribution in [0.4, 0.5) is 0 Å². The maximum atomic E-state index is 5.58. The highest BCUT2D eigenvalue weighted by Crippen LogP contribution is 2.50. The molecule has 2 aliphatic rings. The van der Waals surface area contributed by atoms with Crippen LogP contribution in [0.5, 0.6) is 0 Å². The van der Waals surface area contributed by atoms with Crippen LogP contribution in [0.3, 0.4) is 0 Å². The largest absolute Gasteiger partial charge is 0.330 e. The summed E-state index contributed by atoms with van der Waals surface area (Å²) in [5.41, 5.74) is 5.58. The molecule has 2 saturated carbocycles. The fourth-order valence-corrected chi connectivity index (χ4v) is 3.58. The zero-order chi connectivity index (χ0) is 9.26. The number of fused-ring (bicyclic) bond motifs is 2. The summed E-state index contributed by atoms with van der Waals surface area (Å²) in [6.45, 7) is 3.25. The molecule has 0 spiro atoms. The molecule has 1 heteroatoms. The zero-order valence-electron chi connectivity index (χ0n) is 8.84. The van der Waals surface area contributed by atoms with Crippen LogP contribution in [0.1, 0.15) is 45.4 Å². The van der Waals surface area contributed by atoms with E-state index >= 15 is 0 Å². The average Bonchev–Trinajstić information content (AvgIpc) is 2.65. The van der Waals surface area contributed by atoms with E-state index in [1.165, 1.54) is 25.7 Å². The van der Waals surface area contributed by atoms with Crippen LogP contribution in [0, 0.1) is 23.7 Å². The molecule has 1 nitrogen and oxygen atoms in total. The molecular formula is C12H23N. The maximum absolute atomic E-state index is 5.58. The quantitative estimate of drug-likeness (QED) is 0.709. The number of hydrogen-bond acceptors (Lipinski definition) is 1. The second-order valence-electron chi connectivity index (χ2n) is 5.35. The molecule has 0 aromatic rings. The van der Waals surface area contributed by atoms with Crippen LogP contribution in [0.25, 0.3) is 0 Å². The van der Waals surface area contributed by atoms with E-state index in [1.807, 2.05) is 0 Å². The second-order valence-corrected chi connectivity index (χ2v) is 5.35. The van der Waals surface area contributed by atoms with E-state index in [0.29, 0.717) is 0 Å². The summed E-state index contributed by atoms with van der Waals surface area (Å²) in [6.07, 6.45) is 8.85. The third-order valence-corrected chi connectivity index (χ3v) is 4.25. The normalized spacial score (nSPS) is 39.7. The van der Waals surface area contributed by atoms with E-state index in [9.17, 15) is 0 Å². The Morgan fingerprint density at radius 3 is 2.69 bits per heavy atom. The van der Waals surface area contributed by atoms with E-state index < -0.39 is 0 Å². The molecule has 4 unspecified atom stereocenters. The number of nitrogens with two attached hydrogens (primary N) is 1. The molecule has 0 saturated heterocycles. The summed E-state index contributed by atoms with van der Waals surface area (Å²) in [5, 5.41) is 0. The Kier molecular flexibility index (Phi) is 2.92. The van der Waals surface area contributed by atoms with Gasteiger partial charge >= 0.3 is 0 Å². The van der Waals surface area contributed by atoms with E-state index in [2.05, 4.69) is 6.92 Å². The van der Waals surface area contributed by atoms with Gasteiger partial charge in [-0.25, -0.2) is 0 Å². The van der Waals surface area contributed by atoms with Gasteiger partial charge in [0.1, 0.15) is 0 Å². The van der Waals surface area contributed by atoms with Gasteiger partial charge in [-0.15, -0.1) is 0 Å². The Labute approximate surface area is 82.1 Å². The smallest absolute Gasteiger partial charge is 0.00747 e. The Hall–Kier alpha value is -0.0400. The molecule has 0 aromatic carbocycles. The molecule has 76 valence electrons. The lowest BCUT2D eigenvalue weighted by atomic mass is 9.82. The average molecular weight is 181 g/mol. The second kappa shape index (κ2) is 4.00. The summed E-state index contributed by atoms with van der Waals surface area (Å²) in [4.78, 5) is 0. The fraction of sp³-hybridized carbons (Fsp3) is 1.00. The molecule has 0 amide bonds. The lowest BCUT2D eigenvalue weighted by Gasteiger charge is -2.24. The Balaban J connectivity index is 1.76. The standard InChI is InChI=1S/C12H23N/c1-9(4-5-13)6-12-8-10-2-3-11(12)7-10/h9-12H,2-8,13H2,1H3. The molecule has 0 aliphatic heterocycles. The first-order valence-electron chi connectivity index (χ1n) is 5.99. The fourth-order valence-electron chi connectivity index (χ4n) is 3.58. The van der Waals surface area contributed by atoms with Crippen molar-refractivity contribution in [3.8, 4) is 0 Å². The Bertz CT molecular complexity index is 167. The van der Waals surface area contributed by atoms with Crippen molar-refractivity contribution in [3.63, 3.8) is 0 Å². The van der Waals surface area contributed by atoms with Gasteiger partial charge in [-0.05, 0) is 62.3 Å². The molecule has 0 aromatic heterocycles. The van der Waals surface area contributed by atoms with Crippen molar-refractivity contribution in [2.45, 2.75) is 45.4 Å². The van der Waals surface area contributed by atoms with Crippen molar-refractivity contribution in [2.75, 3.05) is 6.54 Å². The third kappa shape index (κ3) is 2.07. The van der Waals surface area contributed by atoms with Gasteiger partial charge in [-0.2, -0.15) is 0 Å². The molecule has 2 fully saturated rings. The molecule has 2 bridgehead atoms. The summed E-state index contributed by atoms with van der Waals surface area (Å²) < 4.78 is 0. The predicted molar refractivity (Wildman–Crippen MR) is 56.4 cm³/mol. The van der Waals surface area contributed by atoms with E-state index in [4.69, 9.17) is 5.73 Å². The van der Waals surface area contributed by atoms with Crippen molar-refractivity contribution in [1.82, 2.24) is 0 Å². The van der Waals surface area contributed by atoms with E-state index in [0.717, 1.165) is 30.2 Å².